The van der Waals surface area contributed by atoms with E-state index in [9.17, 15) is 18.4 Å². The lowest BCUT2D eigenvalue weighted by atomic mass is 10.2. The number of methoxy groups -OCH3 is 1. The number of halogens is 2. The van der Waals surface area contributed by atoms with Crippen LogP contribution in [0.25, 0.3) is 0 Å². The fourth-order valence-electron chi connectivity index (χ4n) is 2.04. The van der Waals surface area contributed by atoms with E-state index in [1.54, 1.807) is 12.1 Å². The van der Waals surface area contributed by atoms with Crippen LogP contribution in [0.3, 0.4) is 0 Å². The number of benzene rings is 2. The van der Waals surface area contributed by atoms with Crippen molar-refractivity contribution >= 4 is 17.6 Å². The molecule has 0 heterocycles. The first-order valence-corrected chi connectivity index (χ1v) is 7.55. The second kappa shape index (κ2) is 8.80. The van der Waals surface area contributed by atoms with E-state index in [0.29, 0.717) is 5.69 Å². The van der Waals surface area contributed by atoms with Crippen molar-refractivity contribution in [2.24, 2.45) is 0 Å². The van der Waals surface area contributed by atoms with Crippen LogP contribution in [-0.4, -0.2) is 32.2 Å². The molecule has 0 unspecified atom stereocenters. The second-order valence-corrected chi connectivity index (χ2v) is 5.23. The summed E-state index contributed by atoms with van der Waals surface area (Å²) in [7, 11) is 1.25. The molecule has 1 N–H and O–H groups in total. The summed E-state index contributed by atoms with van der Waals surface area (Å²) in [5.74, 6) is -1.57. The largest absolute Gasteiger partial charge is 0.493 e. The van der Waals surface area contributed by atoms with Crippen molar-refractivity contribution in [3.8, 4) is 11.5 Å². The van der Waals surface area contributed by atoms with Crippen LogP contribution in [0.5, 0.6) is 11.5 Å². The third-order valence-electron chi connectivity index (χ3n) is 3.29. The van der Waals surface area contributed by atoms with E-state index in [2.05, 4.69) is 10.1 Å². The topological polar surface area (TPSA) is 73.9 Å². The fraction of sp³-hybridized carbons (Fsp3) is 0.222. The van der Waals surface area contributed by atoms with Crippen LogP contribution in [0.4, 0.5) is 14.5 Å². The number of alkyl halides is 2. The number of esters is 1. The third kappa shape index (κ3) is 5.44. The normalized spacial score (nSPS) is 10.3. The first-order chi connectivity index (χ1) is 12.4. The number of hydrogen-bond acceptors (Lipinski definition) is 5. The van der Waals surface area contributed by atoms with Crippen molar-refractivity contribution < 1.29 is 32.6 Å². The van der Waals surface area contributed by atoms with Crippen molar-refractivity contribution in [1.82, 2.24) is 0 Å². The van der Waals surface area contributed by atoms with Gasteiger partial charge in [-0.1, -0.05) is 17.7 Å². The third-order valence-corrected chi connectivity index (χ3v) is 3.29. The zero-order valence-corrected chi connectivity index (χ0v) is 14.1. The molecule has 6 nitrogen and oxygen atoms in total. The van der Waals surface area contributed by atoms with Crippen LogP contribution in [0.2, 0.25) is 0 Å². The smallest absolute Gasteiger partial charge is 0.387 e. The second-order valence-electron chi connectivity index (χ2n) is 5.23. The van der Waals surface area contributed by atoms with Gasteiger partial charge in [-0.15, -0.1) is 0 Å². The maximum atomic E-state index is 12.3. The standard InChI is InChI=1S/C18H17F2NO5/c1-11-3-6-13(7-4-11)21-16(22)10-25-17(23)12-5-8-14(26-18(19)20)15(9-12)24-2/h3-9,18H,10H2,1-2H3,(H,21,22). The quantitative estimate of drug-likeness (QED) is 0.762. The van der Waals surface area contributed by atoms with E-state index in [1.165, 1.54) is 19.2 Å². The van der Waals surface area contributed by atoms with E-state index < -0.39 is 25.1 Å². The molecule has 0 spiro atoms. The highest BCUT2D eigenvalue weighted by molar-refractivity contribution is 5.95. The predicted octanol–water partition coefficient (Wildman–Crippen LogP) is 3.40. The molecule has 0 aliphatic carbocycles. The number of hydrogen-bond donors (Lipinski definition) is 1. The van der Waals surface area contributed by atoms with Crippen LogP contribution in [0.15, 0.2) is 42.5 Å². The van der Waals surface area contributed by atoms with Gasteiger partial charge in [0.1, 0.15) is 0 Å². The van der Waals surface area contributed by atoms with Gasteiger partial charge in [-0.3, -0.25) is 4.79 Å². The number of ether oxygens (including phenoxy) is 3. The lowest BCUT2D eigenvalue weighted by Gasteiger charge is -2.11. The molecule has 0 aliphatic heterocycles. The average Bonchev–Trinajstić information content (AvgIpc) is 2.61. The van der Waals surface area contributed by atoms with Gasteiger partial charge >= 0.3 is 12.6 Å². The Labute approximate surface area is 148 Å². The van der Waals surface area contributed by atoms with Gasteiger partial charge in [-0.2, -0.15) is 8.78 Å². The molecule has 2 aromatic rings. The maximum absolute atomic E-state index is 12.3. The molecule has 0 bridgehead atoms. The number of amides is 1. The van der Waals surface area contributed by atoms with Gasteiger partial charge in [0.05, 0.1) is 12.7 Å². The molecule has 0 atom stereocenters. The van der Waals surface area contributed by atoms with E-state index in [1.807, 2.05) is 19.1 Å². The minimum absolute atomic E-state index is 0.0339. The lowest BCUT2D eigenvalue weighted by molar-refractivity contribution is -0.119. The highest BCUT2D eigenvalue weighted by Gasteiger charge is 2.16. The number of rotatable bonds is 7. The molecule has 0 fully saturated rings. The highest BCUT2D eigenvalue weighted by atomic mass is 19.3. The van der Waals surface area contributed by atoms with E-state index in [4.69, 9.17) is 9.47 Å². The Balaban J connectivity index is 1.94. The lowest BCUT2D eigenvalue weighted by Crippen LogP contribution is -2.21. The highest BCUT2D eigenvalue weighted by Crippen LogP contribution is 2.29. The SMILES string of the molecule is COc1cc(C(=O)OCC(=O)Nc2ccc(C)cc2)ccc1OC(F)F. The number of nitrogens with one attached hydrogen (secondary N) is 1. The molecular formula is C18H17F2NO5. The number of carbonyl (C=O) groups is 2. The summed E-state index contributed by atoms with van der Waals surface area (Å²) in [6.45, 7) is -1.60. The van der Waals surface area contributed by atoms with Gasteiger partial charge in [0, 0.05) is 5.69 Å². The summed E-state index contributed by atoms with van der Waals surface area (Å²) in [6.07, 6.45) is 0. The van der Waals surface area contributed by atoms with Gasteiger partial charge < -0.3 is 19.5 Å². The summed E-state index contributed by atoms with van der Waals surface area (Å²) >= 11 is 0. The summed E-state index contributed by atoms with van der Waals surface area (Å²) < 4.78 is 38.7. The Morgan fingerprint density at radius 1 is 1.08 bits per heavy atom. The molecule has 26 heavy (non-hydrogen) atoms. The zero-order valence-electron chi connectivity index (χ0n) is 14.1. The average molecular weight is 365 g/mol. The van der Waals surface area contributed by atoms with Crippen LogP contribution >= 0.6 is 0 Å². The summed E-state index contributed by atoms with van der Waals surface area (Å²) in [6, 6.07) is 10.7. The Morgan fingerprint density at radius 3 is 2.38 bits per heavy atom. The van der Waals surface area contributed by atoms with Crippen molar-refractivity contribution in [2.75, 3.05) is 19.0 Å². The zero-order chi connectivity index (χ0) is 19.1. The number of anilines is 1. The Hall–Kier alpha value is -3.16. The van der Waals surface area contributed by atoms with Crippen LogP contribution in [-0.2, 0) is 9.53 Å². The minimum atomic E-state index is -3.02. The molecule has 1 amide bonds. The summed E-state index contributed by atoms with van der Waals surface area (Å²) in [4.78, 5) is 23.8. The molecule has 2 aromatic carbocycles. The van der Waals surface area contributed by atoms with E-state index >= 15 is 0 Å². The van der Waals surface area contributed by atoms with E-state index in [0.717, 1.165) is 11.6 Å². The molecule has 138 valence electrons. The number of carbonyl (C=O) groups excluding carboxylic acids is 2. The molecule has 2 rings (SSSR count). The molecule has 0 saturated heterocycles. The monoisotopic (exact) mass is 365 g/mol. The van der Waals surface area contributed by atoms with Crippen LogP contribution in [0.1, 0.15) is 15.9 Å². The summed E-state index contributed by atoms with van der Waals surface area (Å²) in [5, 5.41) is 2.59. The van der Waals surface area contributed by atoms with Crippen molar-refractivity contribution in [3.05, 3.63) is 53.6 Å². The Morgan fingerprint density at radius 2 is 1.77 bits per heavy atom. The molecule has 0 saturated carbocycles. The summed E-state index contributed by atoms with van der Waals surface area (Å²) in [5.41, 5.74) is 1.65. The van der Waals surface area contributed by atoms with E-state index in [-0.39, 0.29) is 17.1 Å². The van der Waals surface area contributed by atoms with Gasteiger partial charge in [0.25, 0.3) is 5.91 Å². The molecule has 0 radical (unpaired) electrons. The Kier molecular flexibility index (Phi) is 6.48. The first-order valence-electron chi connectivity index (χ1n) is 7.55. The molecule has 8 heteroatoms. The first kappa shape index (κ1) is 19.2. The van der Waals surface area contributed by atoms with Gasteiger partial charge in [-0.25, -0.2) is 4.79 Å². The maximum Gasteiger partial charge on any atom is 0.387 e. The van der Waals surface area contributed by atoms with Gasteiger partial charge in [0.2, 0.25) is 0 Å². The molecular weight excluding hydrogens is 348 g/mol. The van der Waals surface area contributed by atoms with Gasteiger partial charge in [0.15, 0.2) is 18.1 Å². The molecule has 0 aliphatic rings. The predicted molar refractivity (Wildman–Crippen MR) is 89.7 cm³/mol. The van der Waals surface area contributed by atoms with Crippen LogP contribution < -0.4 is 14.8 Å². The van der Waals surface area contributed by atoms with Crippen molar-refractivity contribution in [3.63, 3.8) is 0 Å². The fourth-order valence-corrected chi connectivity index (χ4v) is 2.04. The van der Waals surface area contributed by atoms with Gasteiger partial charge in [-0.05, 0) is 37.3 Å². The van der Waals surface area contributed by atoms with Crippen LogP contribution in [0, 0.1) is 6.92 Å². The minimum Gasteiger partial charge on any atom is -0.493 e. The molecule has 0 aromatic heterocycles. The number of aryl methyl sites for hydroxylation is 1. The van der Waals surface area contributed by atoms with Crippen molar-refractivity contribution in [2.45, 2.75) is 13.5 Å². The van der Waals surface area contributed by atoms with Crippen molar-refractivity contribution in [1.29, 1.82) is 0 Å². The Bertz CT molecular complexity index is 778.